The Bertz CT molecular complexity index is 3210. The van der Waals surface area contributed by atoms with Crippen molar-refractivity contribution in [2.45, 2.75) is 18.3 Å². The van der Waals surface area contributed by atoms with Crippen LogP contribution < -0.4 is 9.64 Å². The quantitative estimate of drug-likeness (QED) is 0.167. The summed E-state index contributed by atoms with van der Waals surface area (Å²) in [7, 11) is 0. The van der Waals surface area contributed by atoms with Crippen LogP contribution in [-0.2, 0) is 5.41 Å². The Morgan fingerprint density at radius 2 is 1.07 bits per heavy atom. The molecule has 0 N–H and O–H groups in total. The Morgan fingerprint density at radius 1 is 0.443 bits per heavy atom. The summed E-state index contributed by atoms with van der Waals surface area (Å²) in [5.74, 6) is 1.74. The van der Waals surface area contributed by atoms with E-state index < -0.39 is 5.41 Å². The summed E-state index contributed by atoms with van der Waals surface area (Å²) >= 11 is 0. The van der Waals surface area contributed by atoms with E-state index in [1.807, 2.05) is 0 Å². The lowest BCUT2D eigenvalue weighted by molar-refractivity contribution is 0.493. The first kappa shape index (κ1) is 35.3. The van der Waals surface area contributed by atoms with Crippen LogP contribution in [0.2, 0.25) is 0 Å². The average Bonchev–Trinajstić information content (AvgIpc) is 3.55. The van der Waals surface area contributed by atoms with Gasteiger partial charge in [-0.1, -0.05) is 176 Å². The molecule has 3 aliphatic rings. The molecule has 0 amide bonds. The molecule has 9 aromatic carbocycles. The zero-order valence-corrected chi connectivity index (χ0v) is 33.6. The van der Waals surface area contributed by atoms with Gasteiger partial charge in [0.15, 0.2) is 0 Å². The molecule has 1 atom stereocenters. The highest BCUT2D eigenvalue weighted by molar-refractivity contribution is 6.02. The maximum Gasteiger partial charge on any atom is 0.143 e. The maximum absolute atomic E-state index is 7.01. The van der Waals surface area contributed by atoms with Crippen LogP contribution in [0.15, 0.2) is 230 Å². The van der Waals surface area contributed by atoms with Crippen molar-refractivity contribution in [2.24, 2.45) is 0 Å². The summed E-state index contributed by atoms with van der Waals surface area (Å²) in [6.45, 7) is 0. The number of hydrogen-bond donors (Lipinski definition) is 0. The van der Waals surface area contributed by atoms with Gasteiger partial charge in [-0.05, 0) is 122 Å². The predicted octanol–water partition coefficient (Wildman–Crippen LogP) is 15.9. The molecule has 12 rings (SSSR count). The van der Waals surface area contributed by atoms with Crippen LogP contribution in [0.25, 0.3) is 49.7 Å². The smallest absolute Gasteiger partial charge is 0.143 e. The Morgan fingerprint density at radius 3 is 1.89 bits per heavy atom. The molecule has 1 heterocycles. The Labute approximate surface area is 357 Å². The highest BCUT2D eigenvalue weighted by atomic mass is 16.5. The molecule has 0 fully saturated rings. The number of rotatable bonds is 6. The van der Waals surface area contributed by atoms with Crippen molar-refractivity contribution in [3.8, 4) is 44.9 Å². The third-order valence-electron chi connectivity index (χ3n) is 13.0. The zero-order valence-electron chi connectivity index (χ0n) is 33.6. The number of anilines is 3. The van der Waals surface area contributed by atoms with Gasteiger partial charge in [-0.15, -0.1) is 0 Å². The normalized spacial score (nSPS) is 15.8. The van der Waals surface area contributed by atoms with Crippen LogP contribution >= 0.6 is 0 Å². The molecule has 0 bridgehead atoms. The van der Waals surface area contributed by atoms with Crippen molar-refractivity contribution in [1.82, 2.24) is 0 Å². The largest absolute Gasteiger partial charge is 0.455 e. The minimum Gasteiger partial charge on any atom is -0.455 e. The van der Waals surface area contributed by atoms with Crippen LogP contribution in [-0.4, -0.2) is 0 Å². The number of hydrogen-bond acceptors (Lipinski definition) is 2. The van der Waals surface area contributed by atoms with Gasteiger partial charge in [0.2, 0.25) is 0 Å². The van der Waals surface area contributed by atoms with Gasteiger partial charge in [-0.2, -0.15) is 0 Å². The molecular formula is C59H41NO. The maximum atomic E-state index is 7.01. The van der Waals surface area contributed by atoms with Crippen LogP contribution in [0.5, 0.6) is 11.5 Å². The van der Waals surface area contributed by atoms with Crippen molar-refractivity contribution in [3.05, 3.63) is 252 Å². The number of para-hydroxylation sites is 1. The Balaban J connectivity index is 1.09. The standard InChI is InChI=1S/C59H41NO/c1-3-16-40(17-4-1)41-30-34-45(35-31-41)60(47-36-32-42-33-37-53-49-23-8-7-22-48(49)52-26-11-14-29-57(52)61-58(53)54(42)39-47)46-21-15-20-44(38-46)59(43-18-5-2-6-19-43)55-27-12-9-24-50(55)51-25-10-13-28-56(51)59/h1-9,11-24,26-39H,10,25H2. The van der Waals surface area contributed by atoms with Gasteiger partial charge in [0.05, 0.1) is 5.41 Å². The number of allylic oxidation sites excluding steroid dienone is 4. The first-order chi connectivity index (χ1) is 30.3. The lowest BCUT2D eigenvalue weighted by atomic mass is 9.66. The summed E-state index contributed by atoms with van der Waals surface area (Å²) in [6.07, 6.45) is 6.86. The first-order valence-electron chi connectivity index (χ1n) is 21.3. The molecule has 9 aromatic rings. The molecule has 0 radical (unpaired) electrons. The van der Waals surface area contributed by atoms with E-state index in [9.17, 15) is 0 Å². The Hall–Kier alpha value is -7.68. The number of fused-ring (bicyclic) bond motifs is 9. The second kappa shape index (κ2) is 14.3. The van der Waals surface area contributed by atoms with Crippen molar-refractivity contribution in [1.29, 1.82) is 0 Å². The Kier molecular flexibility index (Phi) is 8.24. The van der Waals surface area contributed by atoms with E-state index in [-0.39, 0.29) is 0 Å². The van der Waals surface area contributed by atoms with Gasteiger partial charge in [0.25, 0.3) is 0 Å². The summed E-state index contributed by atoms with van der Waals surface area (Å²) in [6, 6.07) is 77.5. The minimum absolute atomic E-state index is 0.474. The third kappa shape index (κ3) is 5.56. The number of ether oxygens (including phenoxy) is 1. The third-order valence-corrected chi connectivity index (χ3v) is 13.0. The summed E-state index contributed by atoms with van der Waals surface area (Å²) in [5, 5.41) is 2.19. The van der Waals surface area contributed by atoms with E-state index in [0.717, 1.165) is 63.3 Å². The minimum atomic E-state index is -0.474. The van der Waals surface area contributed by atoms with E-state index in [0.29, 0.717) is 0 Å². The lowest BCUT2D eigenvalue weighted by Crippen LogP contribution is -2.30. The van der Waals surface area contributed by atoms with E-state index in [1.54, 1.807) is 0 Å². The predicted molar refractivity (Wildman–Crippen MR) is 253 cm³/mol. The molecule has 2 aliphatic carbocycles. The van der Waals surface area contributed by atoms with E-state index in [4.69, 9.17) is 4.74 Å². The lowest BCUT2D eigenvalue weighted by Gasteiger charge is -2.36. The highest BCUT2D eigenvalue weighted by Gasteiger charge is 2.47. The molecule has 61 heavy (non-hydrogen) atoms. The fourth-order valence-electron chi connectivity index (χ4n) is 10.3. The van der Waals surface area contributed by atoms with E-state index >= 15 is 0 Å². The topological polar surface area (TPSA) is 12.5 Å². The molecule has 0 spiro atoms. The van der Waals surface area contributed by atoms with Gasteiger partial charge in [0.1, 0.15) is 11.5 Å². The van der Waals surface area contributed by atoms with E-state index in [2.05, 4.69) is 229 Å². The van der Waals surface area contributed by atoms with Crippen LogP contribution in [0.3, 0.4) is 0 Å². The zero-order chi connectivity index (χ0) is 40.3. The molecule has 0 saturated heterocycles. The molecule has 288 valence electrons. The van der Waals surface area contributed by atoms with E-state index in [1.165, 1.54) is 55.7 Å². The first-order valence-corrected chi connectivity index (χ1v) is 21.3. The summed E-state index contributed by atoms with van der Waals surface area (Å²) in [5.41, 5.74) is 17.7. The summed E-state index contributed by atoms with van der Waals surface area (Å²) in [4.78, 5) is 2.42. The molecule has 1 aliphatic heterocycles. The molecule has 0 aromatic heterocycles. The van der Waals surface area contributed by atoms with Crippen molar-refractivity contribution >= 4 is 33.4 Å². The average molecular weight is 780 g/mol. The monoisotopic (exact) mass is 779 g/mol. The van der Waals surface area contributed by atoms with Gasteiger partial charge >= 0.3 is 0 Å². The molecule has 2 heteroatoms. The van der Waals surface area contributed by atoms with Crippen LogP contribution in [0, 0.1) is 0 Å². The fourth-order valence-corrected chi connectivity index (χ4v) is 10.3. The second-order valence-corrected chi connectivity index (χ2v) is 16.3. The van der Waals surface area contributed by atoms with Gasteiger partial charge in [0, 0.05) is 33.6 Å². The van der Waals surface area contributed by atoms with Crippen LogP contribution in [0.4, 0.5) is 17.1 Å². The molecule has 2 nitrogen and oxygen atoms in total. The molecule has 1 unspecified atom stereocenters. The van der Waals surface area contributed by atoms with Gasteiger partial charge in [-0.3, -0.25) is 0 Å². The van der Waals surface area contributed by atoms with Gasteiger partial charge in [-0.25, -0.2) is 0 Å². The van der Waals surface area contributed by atoms with Crippen molar-refractivity contribution in [2.75, 3.05) is 4.90 Å². The number of nitrogens with zero attached hydrogens (tertiary/aromatic N) is 1. The fraction of sp³-hybridized carbons (Fsp3) is 0.0508. The van der Waals surface area contributed by atoms with Crippen molar-refractivity contribution < 1.29 is 4.74 Å². The molecule has 0 saturated carbocycles. The van der Waals surface area contributed by atoms with Gasteiger partial charge < -0.3 is 9.64 Å². The summed E-state index contributed by atoms with van der Waals surface area (Å²) < 4.78 is 7.01. The highest BCUT2D eigenvalue weighted by Crippen LogP contribution is 2.58. The number of benzene rings is 9. The van der Waals surface area contributed by atoms with Crippen LogP contribution in [0.1, 0.15) is 35.1 Å². The SMILES string of the molecule is C1=CC2=C(CC1)c1ccccc1C2(c1ccccc1)c1cccc(N(c2ccc(-c3ccccc3)cc2)c2ccc3ccc4c(c3c2)Oc2ccccc2-c2ccccc2-4)c1. The second-order valence-electron chi connectivity index (χ2n) is 16.3. The van der Waals surface area contributed by atoms with Crippen molar-refractivity contribution in [3.63, 3.8) is 0 Å². The molecular weight excluding hydrogens is 739 g/mol.